The van der Waals surface area contributed by atoms with E-state index in [2.05, 4.69) is 63.9 Å². The van der Waals surface area contributed by atoms with Crippen LogP contribution in [0.3, 0.4) is 0 Å². The molecule has 0 aliphatic carbocycles. The van der Waals surface area contributed by atoms with Gasteiger partial charge in [-0.25, -0.2) is 4.68 Å². The largest absolute Gasteiger partial charge is 0.356 e. The van der Waals surface area contributed by atoms with E-state index in [1.165, 1.54) is 5.56 Å². The normalized spacial score (nSPS) is 11.8. The lowest BCUT2D eigenvalue weighted by Crippen LogP contribution is -2.41. The van der Waals surface area contributed by atoms with Gasteiger partial charge in [-0.3, -0.25) is 4.99 Å². The summed E-state index contributed by atoms with van der Waals surface area (Å²) in [5, 5.41) is 10.9. The minimum atomic E-state index is 0.852. The average Bonchev–Trinajstić information content (AvgIpc) is 3.15. The van der Waals surface area contributed by atoms with Crippen LogP contribution in [-0.2, 0) is 6.42 Å². The Kier molecular flexibility index (Phi) is 7.29. The first-order valence-electron chi connectivity index (χ1n) is 8.45. The number of aromatic nitrogens is 2. The Morgan fingerprint density at radius 3 is 2.58 bits per heavy atom. The molecule has 2 aromatic rings. The zero-order valence-electron chi connectivity index (χ0n) is 14.9. The highest BCUT2D eigenvalue weighted by Crippen LogP contribution is 2.08. The Morgan fingerprint density at radius 2 is 1.96 bits per heavy atom. The van der Waals surface area contributed by atoms with Gasteiger partial charge in [-0.15, -0.1) is 0 Å². The van der Waals surface area contributed by atoms with E-state index >= 15 is 0 Å². The molecule has 1 aromatic carbocycles. The highest BCUT2D eigenvalue weighted by Gasteiger charge is 2.00. The molecule has 2 N–H and O–H groups in total. The van der Waals surface area contributed by atoms with Crippen molar-refractivity contribution >= 4 is 5.96 Å². The maximum atomic E-state index is 4.25. The van der Waals surface area contributed by atoms with Crippen molar-refractivity contribution in [2.45, 2.75) is 13.3 Å². The lowest BCUT2D eigenvalue weighted by atomic mass is 10.1. The van der Waals surface area contributed by atoms with Crippen LogP contribution >= 0.6 is 0 Å². The monoisotopic (exact) mass is 328 g/mol. The summed E-state index contributed by atoms with van der Waals surface area (Å²) in [6.07, 6.45) is 4.69. The number of likely N-dealkylation sites (N-methyl/N-ethyl adjacent to an activating group) is 1. The van der Waals surface area contributed by atoms with Crippen LogP contribution in [0.25, 0.3) is 5.69 Å². The molecule has 0 aliphatic heterocycles. The molecule has 130 valence electrons. The van der Waals surface area contributed by atoms with Gasteiger partial charge >= 0.3 is 0 Å². The molecular weight excluding hydrogens is 300 g/mol. The molecule has 0 atom stereocenters. The quantitative estimate of drug-likeness (QED) is 0.570. The Balaban J connectivity index is 1.72. The molecule has 0 unspecified atom stereocenters. The number of nitrogens with zero attached hydrogens (tertiary/aromatic N) is 4. The second-order valence-corrected chi connectivity index (χ2v) is 5.69. The number of hydrogen-bond acceptors (Lipinski definition) is 3. The van der Waals surface area contributed by atoms with Gasteiger partial charge in [0.1, 0.15) is 0 Å². The highest BCUT2D eigenvalue weighted by molar-refractivity contribution is 5.79. The van der Waals surface area contributed by atoms with E-state index in [0.29, 0.717) is 0 Å². The summed E-state index contributed by atoms with van der Waals surface area (Å²) in [4.78, 5) is 6.52. The lowest BCUT2D eigenvalue weighted by Gasteiger charge is -2.16. The molecule has 2 rings (SSSR count). The maximum Gasteiger partial charge on any atom is 0.191 e. The topological polar surface area (TPSA) is 57.5 Å². The van der Waals surface area contributed by atoms with Gasteiger partial charge in [-0.2, -0.15) is 5.10 Å². The molecule has 6 nitrogen and oxygen atoms in total. The minimum absolute atomic E-state index is 0.852. The lowest BCUT2D eigenvalue weighted by molar-refractivity contribution is 0.357. The molecule has 0 fully saturated rings. The number of guanidine groups is 1. The molecule has 0 aliphatic rings. The fourth-order valence-electron chi connectivity index (χ4n) is 2.31. The summed E-state index contributed by atoms with van der Waals surface area (Å²) < 4.78 is 1.86. The van der Waals surface area contributed by atoms with E-state index in [1.807, 2.05) is 16.9 Å². The number of benzene rings is 1. The van der Waals surface area contributed by atoms with E-state index in [1.54, 1.807) is 13.2 Å². The van der Waals surface area contributed by atoms with Gasteiger partial charge < -0.3 is 15.5 Å². The van der Waals surface area contributed by atoms with Crippen LogP contribution in [0.2, 0.25) is 0 Å². The van der Waals surface area contributed by atoms with Gasteiger partial charge in [0.05, 0.1) is 5.69 Å². The Bertz CT molecular complexity index is 603. The van der Waals surface area contributed by atoms with Crippen molar-refractivity contribution < 1.29 is 0 Å². The molecule has 6 heteroatoms. The van der Waals surface area contributed by atoms with Gasteiger partial charge in [-0.1, -0.05) is 19.1 Å². The predicted molar refractivity (Wildman–Crippen MR) is 99.8 cm³/mol. The molecule has 0 radical (unpaired) electrons. The van der Waals surface area contributed by atoms with Crippen molar-refractivity contribution in [1.82, 2.24) is 25.3 Å². The fraction of sp³-hybridized carbons (Fsp3) is 0.444. The molecule has 0 amide bonds. The SMILES string of the molecule is CCN(C)CCNC(=NC)NCCc1ccc(-n2cccn2)cc1. The van der Waals surface area contributed by atoms with Crippen LogP contribution in [0, 0.1) is 0 Å². The van der Waals surface area contributed by atoms with Gasteiger partial charge in [-0.05, 0) is 43.8 Å². The van der Waals surface area contributed by atoms with E-state index < -0.39 is 0 Å². The van der Waals surface area contributed by atoms with Crippen LogP contribution in [0.4, 0.5) is 0 Å². The van der Waals surface area contributed by atoms with Crippen molar-refractivity contribution in [1.29, 1.82) is 0 Å². The Hall–Kier alpha value is -2.34. The molecule has 1 aromatic heterocycles. The minimum Gasteiger partial charge on any atom is -0.356 e. The summed E-state index contributed by atoms with van der Waals surface area (Å²) >= 11 is 0. The number of hydrogen-bond donors (Lipinski definition) is 2. The number of nitrogens with one attached hydrogen (secondary N) is 2. The Morgan fingerprint density at radius 1 is 1.21 bits per heavy atom. The summed E-state index contributed by atoms with van der Waals surface area (Å²) in [6, 6.07) is 10.4. The molecule has 1 heterocycles. The van der Waals surface area contributed by atoms with Crippen molar-refractivity contribution in [3.63, 3.8) is 0 Å². The molecular formula is C18H28N6. The van der Waals surface area contributed by atoms with E-state index in [-0.39, 0.29) is 0 Å². The second-order valence-electron chi connectivity index (χ2n) is 5.69. The first-order chi connectivity index (χ1) is 11.7. The fourth-order valence-corrected chi connectivity index (χ4v) is 2.31. The first kappa shape index (κ1) is 18.0. The number of rotatable bonds is 8. The van der Waals surface area contributed by atoms with E-state index in [9.17, 15) is 0 Å². The van der Waals surface area contributed by atoms with Crippen LogP contribution in [0.1, 0.15) is 12.5 Å². The van der Waals surface area contributed by atoms with E-state index in [0.717, 1.165) is 44.2 Å². The first-order valence-corrected chi connectivity index (χ1v) is 8.45. The summed E-state index contributed by atoms with van der Waals surface area (Å²) in [5.74, 6) is 0.854. The zero-order valence-corrected chi connectivity index (χ0v) is 14.9. The third kappa shape index (κ3) is 5.70. The van der Waals surface area contributed by atoms with Crippen molar-refractivity contribution in [2.75, 3.05) is 40.3 Å². The van der Waals surface area contributed by atoms with Crippen LogP contribution in [0.15, 0.2) is 47.7 Å². The summed E-state index contributed by atoms with van der Waals surface area (Å²) in [5.41, 5.74) is 2.37. The van der Waals surface area contributed by atoms with E-state index in [4.69, 9.17) is 0 Å². The molecule has 0 spiro atoms. The predicted octanol–water partition coefficient (Wildman–Crippen LogP) is 1.53. The highest BCUT2D eigenvalue weighted by atomic mass is 15.3. The average molecular weight is 328 g/mol. The van der Waals surface area contributed by atoms with Gasteiger partial charge in [0, 0.05) is 39.1 Å². The Labute approximate surface area is 144 Å². The smallest absolute Gasteiger partial charge is 0.191 e. The molecule has 0 saturated carbocycles. The summed E-state index contributed by atoms with van der Waals surface area (Å²) in [7, 11) is 3.92. The molecule has 0 saturated heterocycles. The van der Waals surface area contributed by atoms with Gasteiger partial charge in [0.25, 0.3) is 0 Å². The number of aliphatic imine (C=N–C) groups is 1. The molecule has 0 bridgehead atoms. The maximum absolute atomic E-state index is 4.25. The van der Waals surface area contributed by atoms with Crippen LogP contribution in [-0.4, -0.2) is 60.9 Å². The van der Waals surface area contributed by atoms with Crippen molar-refractivity contribution in [3.05, 3.63) is 48.3 Å². The standard InChI is InChI=1S/C18H28N6/c1-4-23(3)15-13-21-18(19-2)20-12-10-16-6-8-17(9-7-16)24-14-5-11-22-24/h5-9,11,14H,4,10,12-13,15H2,1-3H3,(H2,19,20,21). The van der Waals surface area contributed by atoms with Crippen LogP contribution in [0.5, 0.6) is 0 Å². The van der Waals surface area contributed by atoms with Crippen LogP contribution < -0.4 is 10.6 Å². The third-order valence-electron chi connectivity index (χ3n) is 3.96. The third-order valence-corrected chi connectivity index (χ3v) is 3.96. The van der Waals surface area contributed by atoms with Crippen molar-refractivity contribution in [2.24, 2.45) is 4.99 Å². The molecule has 24 heavy (non-hydrogen) atoms. The second kappa shape index (κ2) is 9.72. The van der Waals surface area contributed by atoms with Crippen molar-refractivity contribution in [3.8, 4) is 5.69 Å². The zero-order chi connectivity index (χ0) is 17.2. The van der Waals surface area contributed by atoms with Gasteiger partial charge in [0.2, 0.25) is 0 Å². The van der Waals surface area contributed by atoms with Gasteiger partial charge in [0.15, 0.2) is 5.96 Å². The summed E-state index contributed by atoms with van der Waals surface area (Å²) in [6.45, 7) is 5.96.